The van der Waals surface area contributed by atoms with E-state index in [-0.39, 0.29) is 17.8 Å². The lowest BCUT2D eigenvalue weighted by atomic mass is 9.76. The van der Waals surface area contributed by atoms with Gasteiger partial charge < -0.3 is 4.74 Å². The number of benzene rings is 2. The maximum atomic E-state index is 12.5. The summed E-state index contributed by atoms with van der Waals surface area (Å²) in [4.78, 5) is 14.9. The third kappa shape index (κ3) is 2.34. The number of piperidine rings is 1. The first-order valence-electron chi connectivity index (χ1n) is 8.47. The van der Waals surface area contributed by atoms with Crippen LogP contribution in [-0.4, -0.2) is 37.1 Å². The fourth-order valence-corrected chi connectivity index (χ4v) is 4.71. The van der Waals surface area contributed by atoms with Crippen molar-refractivity contribution in [3.8, 4) is 0 Å². The van der Waals surface area contributed by atoms with E-state index in [1.807, 2.05) is 0 Å². The van der Waals surface area contributed by atoms with Gasteiger partial charge in [-0.3, -0.25) is 9.69 Å². The molecule has 2 aliphatic heterocycles. The van der Waals surface area contributed by atoms with E-state index in [2.05, 4.69) is 54.4 Å². The molecular formula is C20H23NO2. The zero-order chi connectivity index (χ0) is 16.0. The second kappa shape index (κ2) is 5.64. The van der Waals surface area contributed by atoms with Gasteiger partial charge in [0.2, 0.25) is 0 Å². The Balaban J connectivity index is 1.76. The topological polar surface area (TPSA) is 29.5 Å². The van der Waals surface area contributed by atoms with Crippen LogP contribution in [0.3, 0.4) is 0 Å². The van der Waals surface area contributed by atoms with Crippen LogP contribution < -0.4 is 0 Å². The van der Waals surface area contributed by atoms with Gasteiger partial charge in [-0.05, 0) is 42.6 Å². The Morgan fingerprint density at radius 2 is 1.91 bits per heavy atom. The molecule has 120 valence electrons. The van der Waals surface area contributed by atoms with Gasteiger partial charge >= 0.3 is 5.97 Å². The highest BCUT2D eigenvalue weighted by Crippen LogP contribution is 2.46. The molecule has 2 aliphatic rings. The molecule has 0 saturated carbocycles. The van der Waals surface area contributed by atoms with E-state index in [1.165, 1.54) is 29.9 Å². The summed E-state index contributed by atoms with van der Waals surface area (Å²) in [6.07, 6.45) is 3.34. The average molecular weight is 309 g/mol. The first-order valence-corrected chi connectivity index (χ1v) is 8.47. The van der Waals surface area contributed by atoms with Crippen LogP contribution >= 0.6 is 0 Å². The molecule has 2 fully saturated rings. The van der Waals surface area contributed by atoms with Crippen molar-refractivity contribution >= 4 is 16.7 Å². The Bertz CT molecular complexity index is 741. The molecule has 3 nitrogen and oxygen atoms in total. The number of hydrogen-bond acceptors (Lipinski definition) is 3. The maximum absolute atomic E-state index is 12.5. The van der Waals surface area contributed by atoms with Gasteiger partial charge in [0, 0.05) is 18.0 Å². The van der Waals surface area contributed by atoms with Crippen LogP contribution in [0.2, 0.25) is 0 Å². The van der Waals surface area contributed by atoms with Crippen LogP contribution in [0.5, 0.6) is 0 Å². The molecule has 4 atom stereocenters. The predicted molar refractivity (Wildman–Crippen MR) is 91.4 cm³/mol. The SMILES string of the molecule is COC(=O)C1C(c2ccc3ccccc3c2)CC2CC[C@H]1N2C. The predicted octanol–water partition coefficient (Wildman–Crippen LogP) is 3.58. The zero-order valence-corrected chi connectivity index (χ0v) is 13.7. The normalized spacial score (nSPS) is 30.5. The Morgan fingerprint density at radius 3 is 2.70 bits per heavy atom. The van der Waals surface area contributed by atoms with Gasteiger partial charge in [-0.1, -0.05) is 42.5 Å². The van der Waals surface area contributed by atoms with Gasteiger partial charge in [-0.2, -0.15) is 0 Å². The molecule has 3 unspecified atom stereocenters. The van der Waals surface area contributed by atoms with Crippen molar-refractivity contribution in [2.24, 2.45) is 5.92 Å². The second-order valence-electron chi connectivity index (χ2n) is 6.96. The minimum absolute atomic E-state index is 0.0510. The van der Waals surface area contributed by atoms with Gasteiger partial charge in [-0.15, -0.1) is 0 Å². The number of ether oxygens (including phenoxy) is 1. The summed E-state index contributed by atoms with van der Waals surface area (Å²) in [5.41, 5.74) is 1.28. The molecule has 0 radical (unpaired) electrons. The molecule has 2 aromatic rings. The number of methoxy groups -OCH3 is 1. The van der Waals surface area contributed by atoms with Crippen molar-refractivity contribution in [2.75, 3.05) is 14.2 Å². The quantitative estimate of drug-likeness (QED) is 0.794. The van der Waals surface area contributed by atoms with Crippen LogP contribution in [0.15, 0.2) is 42.5 Å². The number of nitrogens with zero attached hydrogens (tertiary/aromatic N) is 1. The summed E-state index contributed by atoms with van der Waals surface area (Å²) >= 11 is 0. The lowest BCUT2D eigenvalue weighted by molar-refractivity contribution is -0.150. The van der Waals surface area contributed by atoms with E-state index in [0.717, 1.165) is 12.8 Å². The fourth-order valence-electron chi connectivity index (χ4n) is 4.71. The number of hydrogen-bond donors (Lipinski definition) is 0. The third-order valence-corrected chi connectivity index (χ3v) is 5.94. The minimum atomic E-state index is -0.0552. The standard InChI is InChI=1S/C20H23NO2/c1-21-16-9-10-18(21)19(20(22)23-2)17(12-16)15-8-7-13-5-3-4-6-14(13)11-15/h3-8,11,16-19H,9-10,12H2,1-2H3/t16?,17?,18-,19?/m1/s1. The van der Waals surface area contributed by atoms with E-state index >= 15 is 0 Å². The molecule has 2 aromatic carbocycles. The molecule has 4 rings (SSSR count). The van der Waals surface area contributed by atoms with E-state index in [9.17, 15) is 4.79 Å². The number of carbonyl (C=O) groups excluding carboxylic acids is 1. The molecule has 2 bridgehead atoms. The van der Waals surface area contributed by atoms with E-state index < -0.39 is 0 Å². The molecule has 2 heterocycles. The molecule has 0 aliphatic carbocycles. The zero-order valence-electron chi connectivity index (χ0n) is 13.7. The summed E-state index contributed by atoms with van der Waals surface area (Å²) < 4.78 is 5.16. The van der Waals surface area contributed by atoms with Gasteiger partial charge in [0.05, 0.1) is 13.0 Å². The Kier molecular flexibility index (Phi) is 3.61. The van der Waals surface area contributed by atoms with E-state index in [4.69, 9.17) is 4.74 Å². The summed E-state index contributed by atoms with van der Waals surface area (Å²) in [7, 11) is 3.68. The van der Waals surface area contributed by atoms with Crippen LogP contribution in [0.1, 0.15) is 30.7 Å². The van der Waals surface area contributed by atoms with Gasteiger partial charge in [0.15, 0.2) is 0 Å². The Labute approximate surface area is 137 Å². The molecule has 0 amide bonds. The molecule has 0 spiro atoms. The summed E-state index contributed by atoms with van der Waals surface area (Å²) in [5.74, 6) is 0.158. The smallest absolute Gasteiger partial charge is 0.310 e. The summed E-state index contributed by atoms with van der Waals surface area (Å²) in [6, 6.07) is 16.0. The van der Waals surface area contributed by atoms with Crippen molar-refractivity contribution in [3.63, 3.8) is 0 Å². The van der Waals surface area contributed by atoms with Crippen LogP contribution in [0.4, 0.5) is 0 Å². The summed E-state index contributed by atoms with van der Waals surface area (Å²) in [6.45, 7) is 0. The first-order chi connectivity index (χ1) is 11.2. The monoisotopic (exact) mass is 309 g/mol. The maximum Gasteiger partial charge on any atom is 0.310 e. The first kappa shape index (κ1) is 14.7. The minimum Gasteiger partial charge on any atom is -0.469 e. The molecule has 2 saturated heterocycles. The number of fused-ring (bicyclic) bond motifs is 3. The van der Waals surface area contributed by atoms with Gasteiger partial charge in [0.1, 0.15) is 0 Å². The van der Waals surface area contributed by atoms with Gasteiger partial charge in [-0.25, -0.2) is 0 Å². The third-order valence-electron chi connectivity index (χ3n) is 5.94. The van der Waals surface area contributed by atoms with Crippen molar-refractivity contribution in [3.05, 3.63) is 48.0 Å². The highest BCUT2D eigenvalue weighted by molar-refractivity contribution is 5.83. The van der Waals surface area contributed by atoms with E-state index in [0.29, 0.717) is 12.1 Å². The highest BCUT2D eigenvalue weighted by Gasteiger charge is 2.49. The Morgan fingerprint density at radius 1 is 1.13 bits per heavy atom. The Hall–Kier alpha value is -1.87. The van der Waals surface area contributed by atoms with Crippen LogP contribution in [0, 0.1) is 5.92 Å². The number of rotatable bonds is 2. The lowest BCUT2D eigenvalue weighted by Crippen LogP contribution is -2.49. The largest absolute Gasteiger partial charge is 0.469 e. The van der Waals surface area contributed by atoms with Crippen molar-refractivity contribution in [2.45, 2.75) is 37.3 Å². The summed E-state index contributed by atoms with van der Waals surface area (Å²) in [5, 5.41) is 2.50. The molecule has 0 aromatic heterocycles. The van der Waals surface area contributed by atoms with Crippen LogP contribution in [-0.2, 0) is 9.53 Å². The molecule has 3 heteroatoms. The fraction of sp³-hybridized carbons (Fsp3) is 0.450. The van der Waals surface area contributed by atoms with Crippen molar-refractivity contribution < 1.29 is 9.53 Å². The lowest BCUT2D eigenvalue weighted by Gasteiger charge is -2.41. The molecular weight excluding hydrogens is 286 g/mol. The van der Waals surface area contributed by atoms with Gasteiger partial charge in [0.25, 0.3) is 0 Å². The second-order valence-corrected chi connectivity index (χ2v) is 6.96. The van der Waals surface area contributed by atoms with Crippen LogP contribution in [0.25, 0.3) is 10.8 Å². The molecule has 0 N–H and O–H groups in total. The van der Waals surface area contributed by atoms with Crippen molar-refractivity contribution in [1.29, 1.82) is 0 Å². The average Bonchev–Trinajstić information content (AvgIpc) is 2.83. The number of esters is 1. The number of carbonyl (C=O) groups is 1. The van der Waals surface area contributed by atoms with Crippen molar-refractivity contribution in [1.82, 2.24) is 4.90 Å². The molecule has 23 heavy (non-hydrogen) atoms. The highest BCUT2D eigenvalue weighted by atomic mass is 16.5. The van der Waals surface area contributed by atoms with E-state index in [1.54, 1.807) is 0 Å².